The molecule has 1 heterocycles. The number of carbonyl (C=O) groups excluding carboxylic acids is 2. The predicted octanol–water partition coefficient (Wildman–Crippen LogP) is 3.61. The molecule has 1 aliphatic rings. The lowest BCUT2D eigenvalue weighted by molar-refractivity contribution is -0.117. The number of benzene rings is 3. The molecule has 0 bridgehead atoms. The quantitative estimate of drug-likeness (QED) is 0.374. The van der Waals surface area contributed by atoms with Crippen LogP contribution in [0.3, 0.4) is 0 Å². The molecule has 6 heteroatoms. The van der Waals surface area contributed by atoms with E-state index >= 15 is 0 Å². The molecule has 3 aromatic rings. The number of carbonyl (C=O) groups is 2. The molecular formula is C24H20N2O4. The Morgan fingerprint density at radius 1 is 0.767 bits per heavy atom. The molecule has 4 rings (SSSR count). The van der Waals surface area contributed by atoms with Gasteiger partial charge >= 0.3 is 0 Å². The van der Waals surface area contributed by atoms with Crippen LogP contribution in [0.4, 0.5) is 5.69 Å². The first-order valence-electron chi connectivity index (χ1n) is 9.53. The third-order valence-corrected chi connectivity index (χ3v) is 4.44. The van der Waals surface area contributed by atoms with E-state index in [1.54, 1.807) is 36.4 Å². The lowest BCUT2D eigenvalue weighted by atomic mass is 10.1. The van der Waals surface area contributed by atoms with Crippen molar-refractivity contribution in [3.05, 3.63) is 96.1 Å². The van der Waals surface area contributed by atoms with Crippen LogP contribution in [0.15, 0.2) is 90.5 Å². The van der Waals surface area contributed by atoms with Gasteiger partial charge in [0.2, 0.25) is 0 Å². The number of rotatable bonds is 7. The van der Waals surface area contributed by atoms with Crippen LogP contribution in [0.2, 0.25) is 0 Å². The van der Waals surface area contributed by atoms with E-state index in [0.29, 0.717) is 30.2 Å². The molecule has 0 aromatic heterocycles. The normalized spacial score (nSPS) is 14.7. The Hall–Kier alpha value is -4.06. The average Bonchev–Trinajstić information content (AvgIpc) is 3.07. The molecule has 0 aliphatic carbocycles. The number of hydrogen-bond donors (Lipinski definition) is 1. The van der Waals surface area contributed by atoms with Crippen molar-refractivity contribution >= 4 is 23.6 Å². The van der Waals surface area contributed by atoms with Gasteiger partial charge in [-0.2, -0.15) is 0 Å². The van der Waals surface area contributed by atoms with E-state index in [0.717, 1.165) is 5.75 Å². The molecule has 0 radical (unpaired) electrons. The molecular weight excluding hydrogens is 380 g/mol. The lowest BCUT2D eigenvalue weighted by Gasteiger charge is -2.13. The van der Waals surface area contributed by atoms with Gasteiger partial charge in [-0.15, -0.1) is 0 Å². The van der Waals surface area contributed by atoms with E-state index in [2.05, 4.69) is 5.43 Å². The fraction of sp³-hybridized carbons (Fsp3) is 0.0833. The second-order valence-electron chi connectivity index (χ2n) is 6.56. The number of hydrogen-bond acceptors (Lipinski definition) is 4. The topological polar surface area (TPSA) is 67.9 Å². The highest BCUT2D eigenvalue weighted by Gasteiger charge is 2.34. The standard InChI is InChI=1S/C24H20N2O4/c27-23-22(24(28)26(25-23)19-9-3-1-4-10-19)17-18-8-7-13-21(16-18)30-15-14-29-20-11-5-2-6-12-20/h1-13,16-17H,14-15H2,(H,25,27)/b22-17-. The highest BCUT2D eigenvalue weighted by atomic mass is 16.5. The maximum atomic E-state index is 12.7. The van der Waals surface area contributed by atoms with E-state index in [-0.39, 0.29) is 5.57 Å². The molecule has 1 saturated heterocycles. The summed E-state index contributed by atoms with van der Waals surface area (Å²) in [6.45, 7) is 0.776. The van der Waals surface area contributed by atoms with E-state index < -0.39 is 11.8 Å². The summed E-state index contributed by atoms with van der Waals surface area (Å²) in [6, 6.07) is 25.7. The van der Waals surface area contributed by atoms with Crippen LogP contribution >= 0.6 is 0 Å². The van der Waals surface area contributed by atoms with Gasteiger partial charge in [0.1, 0.15) is 30.3 Å². The van der Waals surface area contributed by atoms with Gasteiger partial charge in [-0.3, -0.25) is 15.0 Å². The molecule has 0 saturated carbocycles. The maximum absolute atomic E-state index is 12.7. The van der Waals surface area contributed by atoms with Crippen molar-refractivity contribution in [2.45, 2.75) is 0 Å². The minimum Gasteiger partial charge on any atom is -0.490 e. The molecule has 1 aliphatic heterocycles. The molecule has 6 nitrogen and oxygen atoms in total. The zero-order valence-corrected chi connectivity index (χ0v) is 16.2. The van der Waals surface area contributed by atoms with Gasteiger partial charge in [-0.1, -0.05) is 48.5 Å². The monoisotopic (exact) mass is 400 g/mol. The first-order valence-corrected chi connectivity index (χ1v) is 9.53. The minimum absolute atomic E-state index is 0.0726. The zero-order chi connectivity index (χ0) is 20.8. The zero-order valence-electron chi connectivity index (χ0n) is 16.2. The summed E-state index contributed by atoms with van der Waals surface area (Å²) in [6.07, 6.45) is 1.56. The summed E-state index contributed by atoms with van der Waals surface area (Å²) in [5.41, 5.74) is 3.97. The van der Waals surface area contributed by atoms with Crippen molar-refractivity contribution in [2.75, 3.05) is 18.2 Å². The molecule has 1 fully saturated rings. The summed E-state index contributed by atoms with van der Waals surface area (Å²) >= 11 is 0. The highest BCUT2D eigenvalue weighted by Crippen LogP contribution is 2.22. The van der Waals surface area contributed by atoms with Crippen LogP contribution in [0, 0.1) is 0 Å². The average molecular weight is 400 g/mol. The van der Waals surface area contributed by atoms with Crippen LogP contribution in [-0.2, 0) is 9.59 Å². The molecule has 3 aromatic carbocycles. The molecule has 150 valence electrons. The molecule has 0 atom stereocenters. The summed E-state index contributed by atoms with van der Waals surface area (Å²) in [5, 5.41) is 1.25. The van der Waals surface area contributed by atoms with Crippen molar-refractivity contribution < 1.29 is 19.1 Å². The summed E-state index contributed by atoms with van der Waals surface area (Å²) in [5.74, 6) is 0.584. The fourth-order valence-corrected chi connectivity index (χ4v) is 3.01. The summed E-state index contributed by atoms with van der Waals surface area (Å²) in [4.78, 5) is 25.0. The van der Waals surface area contributed by atoms with Gasteiger partial charge < -0.3 is 9.47 Å². The smallest absolute Gasteiger partial charge is 0.282 e. The van der Waals surface area contributed by atoms with Crippen molar-refractivity contribution in [1.29, 1.82) is 0 Å². The highest BCUT2D eigenvalue weighted by molar-refractivity contribution is 6.31. The number of hydrazine groups is 1. The van der Waals surface area contributed by atoms with Gasteiger partial charge in [0, 0.05) is 0 Å². The van der Waals surface area contributed by atoms with E-state index in [1.165, 1.54) is 5.01 Å². The molecule has 2 amide bonds. The van der Waals surface area contributed by atoms with E-state index in [4.69, 9.17) is 9.47 Å². The van der Waals surface area contributed by atoms with E-state index in [9.17, 15) is 9.59 Å². The Balaban J connectivity index is 1.40. The van der Waals surface area contributed by atoms with Gasteiger partial charge in [0.15, 0.2) is 0 Å². The molecule has 0 unspecified atom stereocenters. The largest absolute Gasteiger partial charge is 0.490 e. The third kappa shape index (κ3) is 4.50. The second-order valence-corrected chi connectivity index (χ2v) is 6.56. The third-order valence-electron chi connectivity index (χ3n) is 4.44. The van der Waals surface area contributed by atoms with Gasteiger partial charge in [0.25, 0.3) is 11.8 Å². The van der Waals surface area contributed by atoms with Gasteiger partial charge in [-0.05, 0) is 48.0 Å². The number of anilines is 1. The Morgan fingerprint density at radius 3 is 2.13 bits per heavy atom. The number of para-hydroxylation sites is 2. The maximum Gasteiger partial charge on any atom is 0.282 e. The Labute approximate surface area is 174 Å². The first-order chi connectivity index (χ1) is 14.7. The molecule has 30 heavy (non-hydrogen) atoms. The number of ether oxygens (including phenoxy) is 2. The van der Waals surface area contributed by atoms with Gasteiger partial charge in [0.05, 0.1) is 5.69 Å². The molecule has 0 spiro atoms. The SMILES string of the molecule is O=C1NN(c2ccccc2)C(=O)/C1=C\c1cccc(OCCOc2ccccc2)c1. The minimum atomic E-state index is -0.438. The van der Waals surface area contributed by atoms with Crippen molar-refractivity contribution in [3.8, 4) is 11.5 Å². The second kappa shape index (κ2) is 8.96. The lowest BCUT2D eigenvalue weighted by Crippen LogP contribution is -2.35. The Morgan fingerprint density at radius 2 is 1.40 bits per heavy atom. The van der Waals surface area contributed by atoms with Crippen molar-refractivity contribution in [1.82, 2.24) is 5.43 Å². The van der Waals surface area contributed by atoms with E-state index in [1.807, 2.05) is 54.6 Å². The van der Waals surface area contributed by atoms with Crippen LogP contribution in [0.1, 0.15) is 5.56 Å². The van der Waals surface area contributed by atoms with Crippen LogP contribution in [0.5, 0.6) is 11.5 Å². The van der Waals surface area contributed by atoms with Crippen LogP contribution in [0.25, 0.3) is 6.08 Å². The first kappa shape index (κ1) is 19.3. The Bertz CT molecular complexity index is 1060. The molecule has 1 N–H and O–H groups in total. The van der Waals surface area contributed by atoms with Crippen LogP contribution in [-0.4, -0.2) is 25.0 Å². The van der Waals surface area contributed by atoms with Crippen LogP contribution < -0.4 is 19.9 Å². The number of nitrogens with zero attached hydrogens (tertiary/aromatic N) is 1. The number of nitrogens with one attached hydrogen (secondary N) is 1. The number of amides is 2. The summed E-state index contributed by atoms with van der Waals surface area (Å²) in [7, 11) is 0. The Kier molecular flexibility index (Phi) is 5.75. The van der Waals surface area contributed by atoms with Gasteiger partial charge in [-0.25, -0.2) is 5.01 Å². The fourth-order valence-electron chi connectivity index (χ4n) is 3.01. The predicted molar refractivity (Wildman–Crippen MR) is 114 cm³/mol. The van der Waals surface area contributed by atoms with Crippen molar-refractivity contribution in [3.63, 3.8) is 0 Å². The summed E-state index contributed by atoms with van der Waals surface area (Å²) < 4.78 is 11.3. The van der Waals surface area contributed by atoms with Crippen molar-refractivity contribution in [2.24, 2.45) is 0 Å².